The van der Waals surface area contributed by atoms with Gasteiger partial charge in [0.1, 0.15) is 5.75 Å². The number of halogens is 2. The Morgan fingerprint density at radius 3 is 2.71 bits per heavy atom. The number of ether oxygens (including phenoxy) is 1. The maximum Gasteiger partial charge on any atom is 0.137 e. The molecule has 17 heavy (non-hydrogen) atoms. The van der Waals surface area contributed by atoms with Gasteiger partial charge in [-0.25, -0.2) is 0 Å². The van der Waals surface area contributed by atoms with E-state index in [0.717, 1.165) is 15.8 Å². The van der Waals surface area contributed by atoms with Crippen LogP contribution in [-0.2, 0) is 0 Å². The molecule has 0 aliphatic heterocycles. The first-order chi connectivity index (χ1) is 8.19. The number of hydrogen-bond acceptors (Lipinski definition) is 3. The Bertz CT molecular complexity index is 534. The zero-order valence-electron chi connectivity index (χ0n) is 9.08. The van der Waals surface area contributed by atoms with Crippen molar-refractivity contribution in [2.75, 3.05) is 12.4 Å². The molecule has 0 atom stereocenters. The highest BCUT2D eigenvalue weighted by atomic mass is 79.9. The summed E-state index contributed by atoms with van der Waals surface area (Å²) in [4.78, 5) is 4.07. The van der Waals surface area contributed by atoms with Gasteiger partial charge in [0.05, 0.1) is 24.0 Å². The Morgan fingerprint density at radius 2 is 2.06 bits per heavy atom. The molecule has 0 radical (unpaired) electrons. The number of benzene rings is 1. The van der Waals surface area contributed by atoms with Crippen LogP contribution in [-0.4, -0.2) is 12.1 Å². The van der Waals surface area contributed by atoms with E-state index in [1.807, 2.05) is 18.2 Å². The summed E-state index contributed by atoms with van der Waals surface area (Å²) in [5, 5.41) is 3.77. The molecule has 0 amide bonds. The van der Waals surface area contributed by atoms with Crippen LogP contribution in [0.5, 0.6) is 5.75 Å². The van der Waals surface area contributed by atoms with Gasteiger partial charge in [0.25, 0.3) is 0 Å². The number of hydrogen-bond donors (Lipinski definition) is 1. The molecule has 5 heteroatoms. The van der Waals surface area contributed by atoms with Gasteiger partial charge in [0.2, 0.25) is 0 Å². The molecule has 1 aromatic heterocycles. The van der Waals surface area contributed by atoms with Crippen LogP contribution >= 0.6 is 27.5 Å². The average Bonchev–Trinajstić information content (AvgIpc) is 2.29. The van der Waals surface area contributed by atoms with Crippen molar-refractivity contribution in [2.45, 2.75) is 0 Å². The first-order valence-electron chi connectivity index (χ1n) is 4.90. The van der Waals surface area contributed by atoms with E-state index in [-0.39, 0.29) is 0 Å². The maximum absolute atomic E-state index is 6.04. The van der Waals surface area contributed by atoms with Crippen LogP contribution in [0.1, 0.15) is 0 Å². The molecule has 88 valence electrons. The summed E-state index contributed by atoms with van der Waals surface area (Å²) in [6.45, 7) is 0. The fourth-order valence-corrected chi connectivity index (χ4v) is 2.01. The van der Waals surface area contributed by atoms with Gasteiger partial charge in [0.15, 0.2) is 0 Å². The number of pyridine rings is 1. The van der Waals surface area contributed by atoms with Gasteiger partial charge in [-0.2, -0.15) is 0 Å². The molecule has 0 fully saturated rings. The normalized spacial score (nSPS) is 10.1. The van der Waals surface area contributed by atoms with Crippen LogP contribution in [0.4, 0.5) is 11.4 Å². The quantitative estimate of drug-likeness (QED) is 0.920. The number of methoxy groups -OCH3 is 1. The maximum atomic E-state index is 6.04. The van der Waals surface area contributed by atoms with Gasteiger partial charge in [0, 0.05) is 16.4 Å². The standard InChI is InChI=1S/C12H10BrClN2O/c1-17-12-3-2-9(5-11(12)14)16-10-4-8(13)6-15-7-10/h2-7,16H,1H3. The number of anilines is 2. The Kier molecular flexibility index (Phi) is 3.86. The molecule has 0 spiro atoms. The average molecular weight is 314 g/mol. The summed E-state index contributed by atoms with van der Waals surface area (Å²) >= 11 is 9.40. The van der Waals surface area contributed by atoms with Gasteiger partial charge in [-0.3, -0.25) is 4.98 Å². The Labute approximate surface area is 113 Å². The van der Waals surface area contributed by atoms with Crippen molar-refractivity contribution in [3.05, 3.63) is 46.2 Å². The van der Waals surface area contributed by atoms with Crippen molar-refractivity contribution in [2.24, 2.45) is 0 Å². The molecule has 1 aromatic carbocycles. The highest BCUT2D eigenvalue weighted by molar-refractivity contribution is 9.10. The van der Waals surface area contributed by atoms with E-state index in [1.165, 1.54) is 0 Å². The molecule has 0 unspecified atom stereocenters. The minimum atomic E-state index is 0.570. The minimum Gasteiger partial charge on any atom is -0.495 e. The molecule has 1 N–H and O–H groups in total. The summed E-state index contributed by atoms with van der Waals surface area (Å²) in [6.07, 6.45) is 3.47. The molecule has 0 aliphatic carbocycles. The fraction of sp³-hybridized carbons (Fsp3) is 0.0833. The van der Waals surface area contributed by atoms with Crippen molar-refractivity contribution >= 4 is 38.9 Å². The third-order valence-electron chi connectivity index (χ3n) is 2.15. The van der Waals surface area contributed by atoms with Crippen LogP contribution in [0.3, 0.4) is 0 Å². The molecule has 0 saturated carbocycles. The molecule has 2 aromatic rings. The Morgan fingerprint density at radius 1 is 1.24 bits per heavy atom. The van der Waals surface area contributed by atoms with Gasteiger partial charge in [-0.15, -0.1) is 0 Å². The molecule has 3 nitrogen and oxygen atoms in total. The van der Waals surface area contributed by atoms with Crippen molar-refractivity contribution in [1.29, 1.82) is 0 Å². The summed E-state index contributed by atoms with van der Waals surface area (Å²) < 4.78 is 6.01. The van der Waals surface area contributed by atoms with Crippen molar-refractivity contribution < 1.29 is 4.74 Å². The van der Waals surface area contributed by atoms with E-state index >= 15 is 0 Å². The number of rotatable bonds is 3. The molecule has 1 heterocycles. The number of nitrogens with zero attached hydrogens (tertiary/aromatic N) is 1. The topological polar surface area (TPSA) is 34.1 Å². The Balaban J connectivity index is 2.22. The van der Waals surface area contributed by atoms with Crippen molar-refractivity contribution in [1.82, 2.24) is 4.98 Å². The predicted molar refractivity (Wildman–Crippen MR) is 73.2 cm³/mol. The number of aromatic nitrogens is 1. The predicted octanol–water partition coefficient (Wildman–Crippen LogP) is 4.25. The molecular weight excluding hydrogens is 304 g/mol. The van der Waals surface area contributed by atoms with Crippen LogP contribution in [0.25, 0.3) is 0 Å². The van der Waals surface area contributed by atoms with E-state index in [0.29, 0.717) is 10.8 Å². The first kappa shape index (κ1) is 12.2. The SMILES string of the molecule is COc1ccc(Nc2cncc(Br)c2)cc1Cl. The first-order valence-corrected chi connectivity index (χ1v) is 6.07. The van der Waals surface area contributed by atoms with Gasteiger partial charge < -0.3 is 10.1 Å². The van der Waals surface area contributed by atoms with Crippen LogP contribution < -0.4 is 10.1 Å². The highest BCUT2D eigenvalue weighted by Crippen LogP contribution is 2.29. The second-order valence-corrected chi connectivity index (χ2v) is 4.69. The smallest absolute Gasteiger partial charge is 0.137 e. The van der Waals surface area contributed by atoms with Gasteiger partial charge in [-0.1, -0.05) is 11.6 Å². The van der Waals surface area contributed by atoms with Gasteiger partial charge >= 0.3 is 0 Å². The number of nitrogens with one attached hydrogen (secondary N) is 1. The highest BCUT2D eigenvalue weighted by Gasteiger charge is 2.02. The van der Waals surface area contributed by atoms with Crippen LogP contribution in [0.2, 0.25) is 5.02 Å². The third kappa shape index (κ3) is 3.11. The zero-order valence-corrected chi connectivity index (χ0v) is 11.4. The minimum absolute atomic E-state index is 0.570. The van der Waals surface area contributed by atoms with Crippen LogP contribution in [0, 0.1) is 0 Å². The lowest BCUT2D eigenvalue weighted by molar-refractivity contribution is 0.415. The summed E-state index contributed by atoms with van der Waals surface area (Å²) in [5.74, 6) is 0.657. The zero-order chi connectivity index (χ0) is 12.3. The monoisotopic (exact) mass is 312 g/mol. The summed E-state index contributed by atoms with van der Waals surface area (Å²) in [7, 11) is 1.59. The van der Waals surface area contributed by atoms with E-state index < -0.39 is 0 Å². The van der Waals surface area contributed by atoms with Crippen molar-refractivity contribution in [3.63, 3.8) is 0 Å². The second kappa shape index (κ2) is 5.38. The van der Waals surface area contributed by atoms with Gasteiger partial charge in [-0.05, 0) is 40.2 Å². The second-order valence-electron chi connectivity index (χ2n) is 3.37. The largest absolute Gasteiger partial charge is 0.495 e. The van der Waals surface area contributed by atoms with E-state index in [9.17, 15) is 0 Å². The summed E-state index contributed by atoms with van der Waals surface area (Å²) in [6, 6.07) is 7.45. The lowest BCUT2D eigenvalue weighted by Gasteiger charge is -2.08. The summed E-state index contributed by atoms with van der Waals surface area (Å²) in [5.41, 5.74) is 1.77. The fourth-order valence-electron chi connectivity index (χ4n) is 1.39. The molecule has 0 saturated heterocycles. The van der Waals surface area contributed by atoms with Crippen molar-refractivity contribution in [3.8, 4) is 5.75 Å². The molecular formula is C12H10BrClN2O. The lowest BCUT2D eigenvalue weighted by Crippen LogP contribution is -1.92. The molecule has 0 aliphatic rings. The van der Waals surface area contributed by atoms with E-state index in [1.54, 1.807) is 25.6 Å². The molecule has 0 bridgehead atoms. The Hall–Kier alpha value is -1.26. The molecule has 2 rings (SSSR count). The lowest BCUT2D eigenvalue weighted by atomic mass is 10.3. The third-order valence-corrected chi connectivity index (χ3v) is 2.87. The van der Waals surface area contributed by atoms with E-state index in [2.05, 4.69) is 26.2 Å². The van der Waals surface area contributed by atoms with Crippen LogP contribution in [0.15, 0.2) is 41.1 Å². The van der Waals surface area contributed by atoms with E-state index in [4.69, 9.17) is 16.3 Å².